The maximum atomic E-state index is 10.4. The Morgan fingerprint density at radius 3 is 2.78 bits per heavy atom. The third-order valence-corrected chi connectivity index (χ3v) is 3.53. The summed E-state index contributed by atoms with van der Waals surface area (Å²) in [5.74, 6) is 0.506. The van der Waals surface area contributed by atoms with Crippen LogP contribution in [0.2, 0.25) is 0 Å². The van der Waals surface area contributed by atoms with Crippen LogP contribution in [0.4, 0.5) is 0 Å². The molecule has 0 radical (unpaired) electrons. The van der Waals surface area contributed by atoms with E-state index in [2.05, 4.69) is 20.9 Å². The Kier molecular flexibility index (Phi) is 2.89. The SMILES string of the molecule is OC(c1occc1Br)c1ccnc2ccccc12. The fourth-order valence-electron chi connectivity index (χ4n) is 2.00. The van der Waals surface area contributed by atoms with Crippen LogP contribution in [-0.4, -0.2) is 10.1 Å². The van der Waals surface area contributed by atoms with Gasteiger partial charge in [0.25, 0.3) is 0 Å². The second-order valence-corrected chi connectivity index (χ2v) is 4.81. The van der Waals surface area contributed by atoms with Crippen LogP contribution in [0.25, 0.3) is 10.9 Å². The summed E-state index contributed by atoms with van der Waals surface area (Å²) in [6, 6.07) is 11.3. The Bertz CT molecular complexity index is 688. The van der Waals surface area contributed by atoms with Gasteiger partial charge in [-0.25, -0.2) is 0 Å². The summed E-state index contributed by atoms with van der Waals surface area (Å²) < 4.78 is 6.07. The summed E-state index contributed by atoms with van der Waals surface area (Å²) in [7, 11) is 0. The van der Waals surface area contributed by atoms with E-state index in [0.717, 1.165) is 20.9 Å². The van der Waals surface area contributed by atoms with Crippen LogP contribution >= 0.6 is 15.9 Å². The van der Waals surface area contributed by atoms with Crippen LogP contribution in [0, 0.1) is 0 Å². The molecule has 0 saturated carbocycles. The van der Waals surface area contributed by atoms with E-state index in [1.807, 2.05) is 30.3 Å². The monoisotopic (exact) mass is 303 g/mol. The van der Waals surface area contributed by atoms with Crippen molar-refractivity contribution in [3.05, 3.63) is 64.7 Å². The number of nitrogens with zero attached hydrogens (tertiary/aromatic N) is 1. The zero-order valence-corrected chi connectivity index (χ0v) is 11.0. The van der Waals surface area contributed by atoms with Crippen molar-refractivity contribution in [1.82, 2.24) is 4.98 Å². The van der Waals surface area contributed by atoms with Gasteiger partial charge in [-0.1, -0.05) is 18.2 Å². The molecule has 0 fully saturated rings. The van der Waals surface area contributed by atoms with Gasteiger partial charge in [0, 0.05) is 11.6 Å². The van der Waals surface area contributed by atoms with Crippen molar-refractivity contribution in [2.75, 3.05) is 0 Å². The normalized spacial score (nSPS) is 12.8. The molecule has 0 spiro atoms. The number of furan rings is 1. The minimum Gasteiger partial charge on any atom is -0.465 e. The Labute approximate surface area is 112 Å². The summed E-state index contributed by atoms with van der Waals surface area (Å²) in [5.41, 5.74) is 1.65. The molecule has 1 unspecified atom stereocenters. The van der Waals surface area contributed by atoms with Crippen LogP contribution in [0.15, 0.2) is 57.7 Å². The molecule has 18 heavy (non-hydrogen) atoms. The standard InChI is InChI=1S/C14H10BrNO2/c15-11-6-8-18-14(11)13(17)10-5-7-16-12-4-2-1-3-9(10)12/h1-8,13,17H. The largest absolute Gasteiger partial charge is 0.465 e. The lowest BCUT2D eigenvalue weighted by molar-refractivity contribution is 0.189. The summed E-state index contributed by atoms with van der Waals surface area (Å²) in [5, 5.41) is 11.3. The Hall–Kier alpha value is -1.65. The molecule has 4 heteroatoms. The van der Waals surface area contributed by atoms with Crippen molar-refractivity contribution < 1.29 is 9.52 Å². The van der Waals surface area contributed by atoms with Gasteiger partial charge < -0.3 is 9.52 Å². The lowest BCUT2D eigenvalue weighted by atomic mass is 10.0. The van der Waals surface area contributed by atoms with Crippen molar-refractivity contribution in [3.63, 3.8) is 0 Å². The number of aromatic nitrogens is 1. The molecule has 0 amide bonds. The van der Waals surface area contributed by atoms with Crippen LogP contribution in [-0.2, 0) is 0 Å². The van der Waals surface area contributed by atoms with Gasteiger partial charge in [-0.15, -0.1) is 0 Å². The fraction of sp³-hybridized carbons (Fsp3) is 0.0714. The van der Waals surface area contributed by atoms with E-state index in [9.17, 15) is 5.11 Å². The van der Waals surface area contributed by atoms with Crippen molar-refractivity contribution in [3.8, 4) is 0 Å². The summed E-state index contributed by atoms with van der Waals surface area (Å²) in [4.78, 5) is 4.27. The van der Waals surface area contributed by atoms with Gasteiger partial charge in [-0.05, 0) is 39.7 Å². The summed E-state index contributed by atoms with van der Waals surface area (Å²) >= 11 is 3.36. The smallest absolute Gasteiger partial charge is 0.150 e. The first-order chi connectivity index (χ1) is 8.77. The minimum atomic E-state index is -0.803. The average Bonchev–Trinajstić information content (AvgIpc) is 2.83. The molecule has 2 aromatic heterocycles. The highest BCUT2D eigenvalue weighted by Crippen LogP contribution is 2.32. The van der Waals surface area contributed by atoms with Gasteiger partial charge in [-0.2, -0.15) is 0 Å². The molecule has 0 bridgehead atoms. The number of pyridine rings is 1. The van der Waals surface area contributed by atoms with E-state index < -0.39 is 6.10 Å². The molecule has 90 valence electrons. The quantitative estimate of drug-likeness (QED) is 0.785. The zero-order chi connectivity index (χ0) is 12.5. The Balaban J connectivity index is 2.18. The molecule has 0 aliphatic carbocycles. The molecule has 1 atom stereocenters. The predicted molar refractivity (Wildman–Crippen MR) is 72.2 cm³/mol. The molecule has 3 rings (SSSR count). The summed E-state index contributed by atoms with van der Waals surface area (Å²) in [6.07, 6.45) is 2.44. The number of aliphatic hydroxyl groups excluding tert-OH is 1. The van der Waals surface area contributed by atoms with E-state index in [0.29, 0.717) is 5.76 Å². The molecule has 3 nitrogen and oxygen atoms in total. The van der Waals surface area contributed by atoms with Gasteiger partial charge in [0.1, 0.15) is 6.10 Å². The number of benzene rings is 1. The number of para-hydroxylation sites is 1. The highest BCUT2D eigenvalue weighted by Gasteiger charge is 2.19. The topological polar surface area (TPSA) is 46.3 Å². The highest BCUT2D eigenvalue weighted by atomic mass is 79.9. The molecule has 2 heterocycles. The lowest BCUT2D eigenvalue weighted by Crippen LogP contribution is -2.00. The first kappa shape index (κ1) is 11.4. The van der Waals surface area contributed by atoms with E-state index in [-0.39, 0.29) is 0 Å². The number of fused-ring (bicyclic) bond motifs is 1. The molecule has 1 N–H and O–H groups in total. The first-order valence-electron chi connectivity index (χ1n) is 5.52. The first-order valence-corrected chi connectivity index (χ1v) is 6.31. The van der Waals surface area contributed by atoms with Gasteiger partial charge >= 0.3 is 0 Å². The summed E-state index contributed by atoms with van der Waals surface area (Å²) in [6.45, 7) is 0. The second kappa shape index (κ2) is 4.55. The van der Waals surface area contributed by atoms with Gasteiger partial charge in [0.15, 0.2) is 5.76 Å². The van der Waals surface area contributed by atoms with Crippen LogP contribution in [0.1, 0.15) is 17.4 Å². The van der Waals surface area contributed by atoms with Crippen molar-refractivity contribution >= 4 is 26.8 Å². The maximum Gasteiger partial charge on any atom is 0.150 e. The van der Waals surface area contributed by atoms with E-state index >= 15 is 0 Å². The predicted octanol–water partition coefficient (Wildman–Crippen LogP) is 3.67. The van der Waals surface area contributed by atoms with Crippen molar-refractivity contribution in [2.45, 2.75) is 6.10 Å². The van der Waals surface area contributed by atoms with Crippen molar-refractivity contribution in [1.29, 1.82) is 0 Å². The van der Waals surface area contributed by atoms with E-state index in [1.165, 1.54) is 0 Å². The number of hydrogen-bond donors (Lipinski definition) is 1. The number of halogens is 1. The van der Waals surface area contributed by atoms with Crippen LogP contribution in [0.5, 0.6) is 0 Å². The average molecular weight is 304 g/mol. The Morgan fingerprint density at radius 2 is 2.00 bits per heavy atom. The second-order valence-electron chi connectivity index (χ2n) is 3.95. The molecule has 0 aliphatic rings. The highest BCUT2D eigenvalue weighted by molar-refractivity contribution is 9.10. The minimum absolute atomic E-state index is 0.506. The van der Waals surface area contributed by atoms with Crippen molar-refractivity contribution in [2.24, 2.45) is 0 Å². The van der Waals surface area contributed by atoms with E-state index in [1.54, 1.807) is 18.5 Å². The van der Waals surface area contributed by atoms with Gasteiger partial charge in [-0.3, -0.25) is 4.98 Å². The van der Waals surface area contributed by atoms with E-state index in [4.69, 9.17) is 4.42 Å². The van der Waals surface area contributed by atoms with Crippen LogP contribution < -0.4 is 0 Å². The lowest BCUT2D eigenvalue weighted by Gasteiger charge is -2.11. The maximum absolute atomic E-state index is 10.4. The molecule has 0 aliphatic heterocycles. The third kappa shape index (κ3) is 1.83. The Morgan fingerprint density at radius 1 is 1.17 bits per heavy atom. The fourth-order valence-corrected chi connectivity index (χ4v) is 2.42. The van der Waals surface area contributed by atoms with Gasteiger partial charge in [0.05, 0.1) is 16.3 Å². The number of rotatable bonds is 2. The molecule has 0 saturated heterocycles. The molecular formula is C14H10BrNO2. The molecule has 3 aromatic rings. The molecule has 1 aromatic carbocycles. The van der Waals surface area contributed by atoms with Gasteiger partial charge in [0.2, 0.25) is 0 Å². The number of aliphatic hydroxyl groups is 1. The zero-order valence-electron chi connectivity index (χ0n) is 9.38. The van der Waals surface area contributed by atoms with Crippen LogP contribution in [0.3, 0.4) is 0 Å². The molecular weight excluding hydrogens is 294 g/mol. The number of hydrogen-bond acceptors (Lipinski definition) is 3. The third-order valence-electron chi connectivity index (χ3n) is 2.87.